The minimum atomic E-state index is -0.781. The maximum Gasteiger partial charge on any atom is 0.303 e. The molecule has 1 amide bonds. The van der Waals surface area contributed by atoms with Crippen molar-refractivity contribution in [3.63, 3.8) is 0 Å². The van der Waals surface area contributed by atoms with E-state index in [9.17, 15) is 9.59 Å². The van der Waals surface area contributed by atoms with E-state index in [0.717, 1.165) is 18.4 Å². The lowest BCUT2D eigenvalue weighted by Gasteiger charge is -2.22. The highest BCUT2D eigenvalue weighted by Crippen LogP contribution is 2.22. The second kappa shape index (κ2) is 12.9. The fourth-order valence-corrected chi connectivity index (χ4v) is 3.37. The number of carboxylic acid groups (broad SMARTS) is 1. The lowest BCUT2D eigenvalue weighted by atomic mass is 10.1. The number of carbonyl (C=O) groups excluding carboxylic acids is 1. The summed E-state index contributed by atoms with van der Waals surface area (Å²) < 4.78 is 11.3. The summed E-state index contributed by atoms with van der Waals surface area (Å²) in [7, 11) is 0. The average molecular weight is 461 g/mol. The molecule has 0 atom stereocenters. The quantitative estimate of drug-likeness (QED) is 0.301. The van der Waals surface area contributed by atoms with Gasteiger partial charge < -0.3 is 19.2 Å². The van der Waals surface area contributed by atoms with Gasteiger partial charge in [-0.3, -0.25) is 14.6 Å². The Bertz CT molecular complexity index is 1130. The van der Waals surface area contributed by atoms with E-state index in [1.54, 1.807) is 42.5 Å². The molecule has 0 spiro atoms. The Morgan fingerprint density at radius 1 is 1.09 bits per heavy atom. The maximum absolute atomic E-state index is 13.3. The molecule has 3 aromatic rings. The first-order chi connectivity index (χ1) is 16.6. The molecule has 0 fully saturated rings. The Labute approximate surface area is 199 Å². The van der Waals surface area contributed by atoms with Crippen LogP contribution in [-0.2, 0) is 11.3 Å². The molecule has 0 saturated carbocycles. The Morgan fingerprint density at radius 2 is 1.94 bits per heavy atom. The highest BCUT2D eigenvalue weighted by molar-refractivity contribution is 5.94. The van der Waals surface area contributed by atoms with Gasteiger partial charge in [0.05, 0.1) is 31.5 Å². The molecule has 0 aliphatic heterocycles. The van der Waals surface area contributed by atoms with Crippen LogP contribution >= 0.6 is 0 Å². The number of ether oxygens (including phenoxy) is 1. The summed E-state index contributed by atoms with van der Waals surface area (Å²) in [6.45, 7) is 2.84. The van der Waals surface area contributed by atoms with Gasteiger partial charge >= 0.3 is 5.97 Å². The first-order valence-corrected chi connectivity index (χ1v) is 11.2. The molecular weight excluding hydrogens is 432 g/mol. The van der Waals surface area contributed by atoms with Crippen LogP contribution < -0.4 is 4.74 Å². The molecule has 1 N–H and O–H groups in total. The number of carbonyl (C=O) groups is 2. The minimum Gasteiger partial charge on any atom is -0.493 e. The van der Waals surface area contributed by atoms with Crippen molar-refractivity contribution < 1.29 is 23.8 Å². The number of nitrogens with zero attached hydrogens (tertiary/aromatic N) is 2. The van der Waals surface area contributed by atoms with Gasteiger partial charge in [0.1, 0.15) is 11.4 Å². The van der Waals surface area contributed by atoms with Gasteiger partial charge in [-0.15, -0.1) is 5.92 Å². The number of hydrogen-bond acceptors (Lipinski definition) is 5. The fraction of sp³-hybridized carbons (Fsp3) is 0.296. The first kappa shape index (κ1) is 24.6. The van der Waals surface area contributed by atoms with Crippen LogP contribution in [0.4, 0.5) is 0 Å². The highest BCUT2D eigenvalue weighted by atomic mass is 16.5. The van der Waals surface area contributed by atoms with Crippen molar-refractivity contribution in [2.24, 2.45) is 0 Å². The van der Waals surface area contributed by atoms with E-state index in [-0.39, 0.29) is 18.9 Å². The maximum atomic E-state index is 13.3. The van der Waals surface area contributed by atoms with E-state index in [1.807, 2.05) is 30.3 Å². The molecule has 0 radical (unpaired) electrons. The molecule has 34 heavy (non-hydrogen) atoms. The lowest BCUT2D eigenvalue weighted by molar-refractivity contribution is -0.137. The number of aromatic nitrogens is 1. The third-order valence-corrected chi connectivity index (χ3v) is 5.14. The second-order valence-corrected chi connectivity index (χ2v) is 7.66. The topological polar surface area (TPSA) is 92.9 Å². The van der Waals surface area contributed by atoms with Crippen LogP contribution in [-0.4, -0.2) is 40.0 Å². The summed E-state index contributed by atoms with van der Waals surface area (Å²) in [5.41, 5.74) is 1.99. The van der Waals surface area contributed by atoms with Crippen LogP contribution in [0.2, 0.25) is 0 Å². The van der Waals surface area contributed by atoms with E-state index < -0.39 is 5.97 Å². The minimum absolute atomic E-state index is 0.170. The summed E-state index contributed by atoms with van der Waals surface area (Å²) in [5.74, 6) is 6.22. The third kappa shape index (κ3) is 7.24. The van der Waals surface area contributed by atoms with Crippen LogP contribution in [0.1, 0.15) is 48.5 Å². The fourth-order valence-electron chi connectivity index (χ4n) is 3.37. The van der Waals surface area contributed by atoms with Gasteiger partial charge in [0, 0.05) is 18.2 Å². The molecule has 0 unspecified atom stereocenters. The number of amides is 1. The number of rotatable bonds is 12. The summed E-state index contributed by atoms with van der Waals surface area (Å²) in [6, 6.07) is 14.7. The van der Waals surface area contributed by atoms with Crippen molar-refractivity contribution in [1.29, 1.82) is 0 Å². The third-order valence-electron chi connectivity index (χ3n) is 5.14. The monoisotopic (exact) mass is 460 g/mol. The van der Waals surface area contributed by atoms with E-state index in [4.69, 9.17) is 14.3 Å². The van der Waals surface area contributed by atoms with Crippen LogP contribution in [0.5, 0.6) is 5.75 Å². The zero-order valence-corrected chi connectivity index (χ0v) is 19.2. The molecule has 0 saturated heterocycles. The Balaban J connectivity index is 1.67. The van der Waals surface area contributed by atoms with Gasteiger partial charge in [-0.05, 0) is 56.5 Å². The molecule has 1 aromatic carbocycles. The number of hydrogen-bond donors (Lipinski definition) is 1. The van der Waals surface area contributed by atoms with Crippen molar-refractivity contribution in [1.82, 2.24) is 9.88 Å². The Hall–Kier alpha value is -4.05. The van der Waals surface area contributed by atoms with Crippen molar-refractivity contribution in [2.45, 2.75) is 39.2 Å². The molecule has 3 rings (SSSR count). The molecular formula is C27H28N2O5. The molecule has 2 heterocycles. The van der Waals surface area contributed by atoms with Gasteiger partial charge in [0.25, 0.3) is 5.91 Å². The van der Waals surface area contributed by atoms with Crippen molar-refractivity contribution >= 4 is 11.9 Å². The van der Waals surface area contributed by atoms with Gasteiger partial charge in [0.15, 0.2) is 5.76 Å². The summed E-state index contributed by atoms with van der Waals surface area (Å²) >= 11 is 0. The van der Waals surface area contributed by atoms with Gasteiger partial charge in [-0.25, -0.2) is 0 Å². The van der Waals surface area contributed by atoms with Gasteiger partial charge in [0.2, 0.25) is 0 Å². The van der Waals surface area contributed by atoms with E-state index >= 15 is 0 Å². The molecule has 0 aliphatic carbocycles. The van der Waals surface area contributed by atoms with Gasteiger partial charge in [-0.2, -0.15) is 0 Å². The normalized spacial score (nSPS) is 10.3. The molecule has 0 bridgehead atoms. The number of furan rings is 1. The largest absolute Gasteiger partial charge is 0.493 e. The van der Waals surface area contributed by atoms with Crippen LogP contribution in [0.25, 0.3) is 11.5 Å². The number of para-hydroxylation sites is 1. The van der Waals surface area contributed by atoms with Gasteiger partial charge in [-0.1, -0.05) is 24.1 Å². The van der Waals surface area contributed by atoms with E-state index in [2.05, 4.69) is 16.8 Å². The van der Waals surface area contributed by atoms with E-state index in [1.165, 1.54) is 0 Å². The SMILES string of the molecule is CC#CCN(Cc1ccccc1OCCCCCC(=O)O)C(=O)c1ccc(-c2ccco2)nc1. The molecule has 7 nitrogen and oxygen atoms in total. The van der Waals surface area contributed by atoms with Crippen molar-refractivity contribution in [2.75, 3.05) is 13.2 Å². The van der Waals surface area contributed by atoms with Crippen molar-refractivity contribution in [3.05, 3.63) is 72.1 Å². The lowest BCUT2D eigenvalue weighted by Crippen LogP contribution is -2.31. The van der Waals surface area contributed by atoms with Crippen LogP contribution in [0, 0.1) is 11.8 Å². The molecule has 7 heteroatoms. The smallest absolute Gasteiger partial charge is 0.303 e. The van der Waals surface area contributed by atoms with E-state index in [0.29, 0.717) is 42.3 Å². The van der Waals surface area contributed by atoms with Crippen LogP contribution in [0.15, 0.2) is 65.4 Å². The first-order valence-electron chi connectivity index (χ1n) is 11.2. The summed E-state index contributed by atoms with van der Waals surface area (Å²) in [4.78, 5) is 29.9. The Kier molecular flexibility index (Phi) is 9.29. The highest BCUT2D eigenvalue weighted by Gasteiger charge is 2.18. The van der Waals surface area contributed by atoms with Crippen molar-refractivity contribution in [3.8, 4) is 29.0 Å². The zero-order valence-electron chi connectivity index (χ0n) is 19.2. The Morgan fingerprint density at radius 3 is 2.65 bits per heavy atom. The number of pyridine rings is 1. The zero-order chi connectivity index (χ0) is 24.2. The summed E-state index contributed by atoms with van der Waals surface area (Å²) in [6.07, 6.45) is 5.48. The molecule has 0 aliphatic rings. The average Bonchev–Trinajstić information content (AvgIpc) is 3.39. The predicted octanol–water partition coefficient (Wildman–Crippen LogP) is 5.03. The number of benzene rings is 1. The molecule has 2 aromatic heterocycles. The predicted molar refractivity (Wildman–Crippen MR) is 128 cm³/mol. The second-order valence-electron chi connectivity index (χ2n) is 7.66. The van der Waals surface area contributed by atoms with Crippen LogP contribution in [0.3, 0.4) is 0 Å². The number of aliphatic carboxylic acids is 1. The summed E-state index contributed by atoms with van der Waals surface area (Å²) in [5, 5.41) is 8.73. The number of carboxylic acids is 1. The molecule has 176 valence electrons. The number of unbranched alkanes of at least 4 members (excludes halogenated alkanes) is 2. The standard InChI is InChI=1S/C27H28N2O5/c1-2-3-16-29(27(32)21-14-15-23(28-19-21)25-12-9-18-34-25)20-22-10-6-7-11-24(22)33-17-8-4-5-13-26(30)31/h6-7,9-12,14-15,18-19H,4-5,8,13,16-17,20H2,1H3,(H,30,31).